The van der Waals surface area contributed by atoms with Crippen molar-refractivity contribution in [3.05, 3.63) is 29.6 Å². The predicted molar refractivity (Wildman–Crippen MR) is 55.5 cm³/mol. The van der Waals surface area contributed by atoms with Crippen LogP contribution in [0.25, 0.3) is 0 Å². The van der Waals surface area contributed by atoms with Crippen LogP contribution in [-0.2, 0) is 6.54 Å². The van der Waals surface area contributed by atoms with Crippen LogP contribution >= 0.6 is 0 Å². The molecule has 0 aromatic carbocycles. The van der Waals surface area contributed by atoms with E-state index in [1.807, 2.05) is 13.1 Å². The first-order valence-corrected chi connectivity index (χ1v) is 4.70. The second-order valence-corrected chi connectivity index (χ2v) is 3.41. The van der Waals surface area contributed by atoms with Gasteiger partial charge in [0.1, 0.15) is 0 Å². The molecule has 0 fully saturated rings. The van der Waals surface area contributed by atoms with Gasteiger partial charge in [-0.15, -0.1) is 0 Å². The number of rotatable bonds is 4. The second-order valence-electron chi connectivity index (χ2n) is 3.41. The summed E-state index contributed by atoms with van der Waals surface area (Å²) in [6, 6.07) is 6.13. The Balaban J connectivity index is 2.52. The van der Waals surface area contributed by atoms with Crippen LogP contribution in [0.4, 0.5) is 0 Å². The summed E-state index contributed by atoms with van der Waals surface area (Å²) in [6.07, 6.45) is 2.38. The minimum absolute atomic E-state index is 0.572. The van der Waals surface area contributed by atoms with Crippen LogP contribution in [0.2, 0.25) is 0 Å². The minimum atomic E-state index is 0.572. The third-order valence-electron chi connectivity index (χ3n) is 2.14. The quantitative estimate of drug-likeness (QED) is 0.724. The number of aryl methyl sites for hydroxylation is 1. The highest BCUT2D eigenvalue weighted by molar-refractivity contribution is 5.17. The number of aromatic nitrogens is 1. The van der Waals surface area contributed by atoms with Gasteiger partial charge < -0.3 is 0 Å². The Labute approximate surface area is 85.0 Å². The van der Waals surface area contributed by atoms with Gasteiger partial charge in [0.25, 0.3) is 0 Å². The Morgan fingerprint density at radius 1 is 1.57 bits per heavy atom. The van der Waals surface area contributed by atoms with E-state index in [1.165, 1.54) is 5.56 Å². The highest BCUT2D eigenvalue weighted by Crippen LogP contribution is 2.05. The topological polar surface area (TPSA) is 39.9 Å². The molecule has 0 amide bonds. The van der Waals surface area contributed by atoms with E-state index in [2.05, 4.69) is 28.9 Å². The largest absolute Gasteiger partial charge is 0.300 e. The molecule has 0 bridgehead atoms. The highest BCUT2D eigenvalue weighted by atomic mass is 15.1. The van der Waals surface area contributed by atoms with Crippen LogP contribution in [0.5, 0.6) is 0 Å². The molecule has 1 rings (SSSR count). The van der Waals surface area contributed by atoms with Crippen molar-refractivity contribution < 1.29 is 0 Å². The van der Waals surface area contributed by atoms with E-state index < -0.39 is 0 Å². The monoisotopic (exact) mass is 189 g/mol. The molecule has 1 heterocycles. The van der Waals surface area contributed by atoms with Crippen molar-refractivity contribution in [3.8, 4) is 6.07 Å². The average molecular weight is 189 g/mol. The molecule has 0 aliphatic carbocycles. The fourth-order valence-electron chi connectivity index (χ4n) is 1.26. The van der Waals surface area contributed by atoms with E-state index in [1.54, 1.807) is 6.20 Å². The van der Waals surface area contributed by atoms with Crippen molar-refractivity contribution in [1.82, 2.24) is 9.88 Å². The van der Waals surface area contributed by atoms with Crippen LogP contribution in [0.15, 0.2) is 18.3 Å². The first kappa shape index (κ1) is 10.7. The van der Waals surface area contributed by atoms with Crippen molar-refractivity contribution in [2.45, 2.75) is 19.9 Å². The lowest BCUT2D eigenvalue weighted by atomic mass is 10.2. The molecule has 74 valence electrons. The third kappa shape index (κ3) is 3.15. The molecule has 0 atom stereocenters. The maximum Gasteiger partial charge on any atom is 0.0635 e. The zero-order valence-electron chi connectivity index (χ0n) is 8.70. The molecule has 0 radical (unpaired) electrons. The van der Waals surface area contributed by atoms with Gasteiger partial charge in [0.2, 0.25) is 0 Å². The maximum absolute atomic E-state index is 8.44. The summed E-state index contributed by atoms with van der Waals surface area (Å²) < 4.78 is 0. The molecule has 1 aromatic rings. The van der Waals surface area contributed by atoms with E-state index in [9.17, 15) is 0 Å². The Hall–Kier alpha value is -1.40. The molecule has 3 heteroatoms. The summed E-state index contributed by atoms with van der Waals surface area (Å²) in [7, 11) is 2.01. The average Bonchev–Trinajstić information content (AvgIpc) is 2.18. The predicted octanol–water partition coefficient (Wildman–Crippen LogP) is 1.74. The van der Waals surface area contributed by atoms with Gasteiger partial charge in [-0.25, -0.2) is 0 Å². The van der Waals surface area contributed by atoms with Crippen molar-refractivity contribution >= 4 is 0 Å². The molecule has 0 N–H and O–H groups in total. The van der Waals surface area contributed by atoms with Gasteiger partial charge in [-0.2, -0.15) is 5.26 Å². The minimum Gasteiger partial charge on any atom is -0.300 e. The van der Waals surface area contributed by atoms with Gasteiger partial charge in [0.05, 0.1) is 11.8 Å². The summed E-state index contributed by atoms with van der Waals surface area (Å²) in [5.74, 6) is 0. The van der Waals surface area contributed by atoms with Gasteiger partial charge in [0.15, 0.2) is 0 Å². The van der Waals surface area contributed by atoms with Gasteiger partial charge in [-0.1, -0.05) is 6.07 Å². The van der Waals surface area contributed by atoms with Gasteiger partial charge in [-0.3, -0.25) is 9.88 Å². The lowest BCUT2D eigenvalue weighted by Crippen LogP contribution is -2.20. The number of hydrogen-bond acceptors (Lipinski definition) is 3. The summed E-state index contributed by atoms with van der Waals surface area (Å²) in [4.78, 5) is 6.41. The van der Waals surface area contributed by atoms with Crippen molar-refractivity contribution in [2.75, 3.05) is 13.6 Å². The van der Waals surface area contributed by atoms with Gasteiger partial charge in [0, 0.05) is 25.7 Å². The zero-order chi connectivity index (χ0) is 10.4. The zero-order valence-corrected chi connectivity index (χ0v) is 8.70. The van der Waals surface area contributed by atoms with Crippen molar-refractivity contribution in [3.63, 3.8) is 0 Å². The van der Waals surface area contributed by atoms with Crippen LogP contribution in [0, 0.1) is 18.3 Å². The summed E-state index contributed by atoms with van der Waals surface area (Å²) >= 11 is 0. The molecule has 14 heavy (non-hydrogen) atoms. The molecule has 3 nitrogen and oxygen atoms in total. The number of pyridine rings is 1. The third-order valence-corrected chi connectivity index (χ3v) is 2.14. The summed E-state index contributed by atoms with van der Waals surface area (Å²) in [6.45, 7) is 3.67. The van der Waals surface area contributed by atoms with Crippen LogP contribution in [-0.4, -0.2) is 23.5 Å². The normalized spacial score (nSPS) is 10.1. The van der Waals surface area contributed by atoms with E-state index in [4.69, 9.17) is 5.26 Å². The molecule has 0 saturated heterocycles. The Bertz CT molecular complexity index is 328. The van der Waals surface area contributed by atoms with E-state index in [-0.39, 0.29) is 0 Å². The van der Waals surface area contributed by atoms with Crippen LogP contribution in [0.3, 0.4) is 0 Å². The Morgan fingerprint density at radius 3 is 3.00 bits per heavy atom. The number of nitriles is 1. The number of nitrogens with zero attached hydrogens (tertiary/aromatic N) is 3. The SMILES string of the molecule is Cc1cccnc1CN(C)CCC#N. The maximum atomic E-state index is 8.44. The van der Waals surface area contributed by atoms with E-state index in [0.717, 1.165) is 18.8 Å². The molecule has 0 spiro atoms. The second kappa shape index (κ2) is 5.36. The highest BCUT2D eigenvalue weighted by Gasteiger charge is 2.02. The van der Waals surface area contributed by atoms with E-state index >= 15 is 0 Å². The molecule has 0 aliphatic rings. The fraction of sp³-hybridized carbons (Fsp3) is 0.455. The number of hydrogen-bond donors (Lipinski definition) is 0. The van der Waals surface area contributed by atoms with Gasteiger partial charge in [-0.05, 0) is 25.6 Å². The molecule has 1 aromatic heterocycles. The first-order valence-electron chi connectivity index (χ1n) is 4.70. The first-order chi connectivity index (χ1) is 6.74. The van der Waals surface area contributed by atoms with E-state index in [0.29, 0.717) is 6.42 Å². The lowest BCUT2D eigenvalue weighted by molar-refractivity contribution is 0.330. The molecular formula is C11H15N3. The standard InChI is InChI=1S/C11H15N3/c1-10-5-3-7-13-11(10)9-14(2)8-4-6-12/h3,5,7H,4,8-9H2,1-2H3. The summed E-state index contributed by atoms with van der Waals surface area (Å²) in [5.41, 5.74) is 2.30. The van der Waals surface area contributed by atoms with Crippen molar-refractivity contribution in [1.29, 1.82) is 5.26 Å². The Morgan fingerprint density at radius 2 is 2.36 bits per heavy atom. The van der Waals surface area contributed by atoms with Crippen LogP contribution in [0.1, 0.15) is 17.7 Å². The summed E-state index contributed by atoms with van der Waals surface area (Å²) in [5, 5.41) is 8.44. The smallest absolute Gasteiger partial charge is 0.0635 e. The molecule has 0 aliphatic heterocycles. The fourth-order valence-corrected chi connectivity index (χ4v) is 1.26. The lowest BCUT2D eigenvalue weighted by Gasteiger charge is -2.15. The van der Waals surface area contributed by atoms with Crippen LogP contribution < -0.4 is 0 Å². The Kier molecular flexibility index (Phi) is 4.09. The molecular weight excluding hydrogens is 174 g/mol. The molecule has 0 saturated carbocycles. The molecule has 0 unspecified atom stereocenters. The van der Waals surface area contributed by atoms with Crippen molar-refractivity contribution in [2.24, 2.45) is 0 Å². The van der Waals surface area contributed by atoms with Gasteiger partial charge >= 0.3 is 0 Å².